The summed E-state index contributed by atoms with van der Waals surface area (Å²) in [6.07, 6.45) is 5.10. The number of aryl methyl sites for hydroxylation is 1. The van der Waals surface area contributed by atoms with Crippen molar-refractivity contribution in [3.63, 3.8) is 0 Å². The fourth-order valence-corrected chi connectivity index (χ4v) is 2.65. The molecule has 0 spiro atoms. The molecule has 1 atom stereocenters. The minimum atomic E-state index is -0.492. The molecule has 26 heavy (non-hydrogen) atoms. The number of nitrogens with zero attached hydrogens (tertiary/aromatic N) is 3. The van der Waals surface area contributed by atoms with Crippen molar-refractivity contribution in [1.82, 2.24) is 19.9 Å². The third kappa shape index (κ3) is 3.66. The smallest absolute Gasteiger partial charge is 0.270 e. The Bertz CT molecular complexity index is 871. The van der Waals surface area contributed by atoms with E-state index in [1.165, 1.54) is 0 Å². The zero-order chi connectivity index (χ0) is 18.5. The van der Waals surface area contributed by atoms with Gasteiger partial charge in [-0.1, -0.05) is 6.07 Å². The van der Waals surface area contributed by atoms with Gasteiger partial charge in [-0.3, -0.25) is 9.78 Å². The third-order valence-electron chi connectivity index (χ3n) is 4.00. The normalized spacial score (nSPS) is 11.7. The number of hydrogen-bond acceptors (Lipinski definition) is 5. The zero-order valence-electron chi connectivity index (χ0n) is 14.8. The molecule has 0 unspecified atom stereocenters. The van der Waals surface area contributed by atoms with Gasteiger partial charge in [0.2, 0.25) is 0 Å². The van der Waals surface area contributed by atoms with Crippen LogP contribution in [0.1, 0.15) is 27.9 Å². The molecule has 7 heteroatoms. The molecule has 0 bridgehead atoms. The number of carbonyl (C=O) groups is 1. The number of imidazole rings is 1. The summed E-state index contributed by atoms with van der Waals surface area (Å²) in [6.45, 7) is 0. The topological polar surface area (TPSA) is 78.3 Å². The van der Waals surface area contributed by atoms with E-state index in [1.807, 2.05) is 29.9 Å². The predicted octanol–water partition coefficient (Wildman–Crippen LogP) is 2.35. The Morgan fingerprint density at radius 3 is 2.35 bits per heavy atom. The molecular weight excluding hydrogens is 332 g/mol. The van der Waals surface area contributed by atoms with Crippen molar-refractivity contribution in [2.24, 2.45) is 7.05 Å². The minimum absolute atomic E-state index is 0.291. The highest BCUT2D eigenvalue weighted by Gasteiger charge is 2.23. The second-order valence-electron chi connectivity index (χ2n) is 5.66. The Morgan fingerprint density at radius 1 is 1.08 bits per heavy atom. The molecule has 134 valence electrons. The molecular formula is C19H20N4O3. The van der Waals surface area contributed by atoms with Crippen LogP contribution in [0.4, 0.5) is 0 Å². The lowest BCUT2D eigenvalue weighted by Crippen LogP contribution is -2.31. The first-order valence-electron chi connectivity index (χ1n) is 8.04. The van der Waals surface area contributed by atoms with Gasteiger partial charge in [-0.2, -0.15) is 0 Å². The maximum atomic E-state index is 12.7. The lowest BCUT2D eigenvalue weighted by molar-refractivity contribution is 0.0936. The molecule has 1 amide bonds. The summed E-state index contributed by atoms with van der Waals surface area (Å²) in [5.74, 6) is 1.65. The van der Waals surface area contributed by atoms with Gasteiger partial charge in [-0.15, -0.1) is 0 Å². The first-order chi connectivity index (χ1) is 12.6. The van der Waals surface area contributed by atoms with Gasteiger partial charge in [0.1, 0.15) is 29.1 Å². The molecule has 1 aromatic carbocycles. The minimum Gasteiger partial charge on any atom is -0.497 e. The molecule has 0 saturated heterocycles. The number of amides is 1. The van der Waals surface area contributed by atoms with Gasteiger partial charge in [0.05, 0.1) is 14.2 Å². The van der Waals surface area contributed by atoms with Crippen molar-refractivity contribution in [3.05, 3.63) is 72.1 Å². The number of aromatic nitrogens is 3. The Morgan fingerprint density at radius 2 is 1.81 bits per heavy atom. The van der Waals surface area contributed by atoms with E-state index in [9.17, 15) is 4.79 Å². The summed E-state index contributed by atoms with van der Waals surface area (Å²) in [4.78, 5) is 21.2. The summed E-state index contributed by atoms with van der Waals surface area (Å²) in [5.41, 5.74) is 1.13. The number of hydrogen-bond donors (Lipinski definition) is 1. The van der Waals surface area contributed by atoms with Crippen molar-refractivity contribution in [1.29, 1.82) is 0 Å². The highest BCUT2D eigenvalue weighted by Crippen LogP contribution is 2.29. The molecule has 0 saturated carbocycles. The standard InChI is InChI=1S/C19H20N4O3/c1-23-9-8-21-18(23)17(22-19(24)16-6-4-5-7-20-16)13-10-14(25-2)12-15(11-13)26-3/h4-12,17H,1-3H3,(H,22,24)/t17-/m1/s1. The van der Waals surface area contributed by atoms with Crippen molar-refractivity contribution in [2.75, 3.05) is 14.2 Å². The number of benzene rings is 1. The van der Waals surface area contributed by atoms with Crippen molar-refractivity contribution >= 4 is 5.91 Å². The van der Waals surface area contributed by atoms with Gasteiger partial charge in [0.25, 0.3) is 5.91 Å². The second kappa shape index (κ2) is 7.69. The van der Waals surface area contributed by atoms with Crippen LogP contribution in [0.15, 0.2) is 55.0 Å². The van der Waals surface area contributed by atoms with Crippen LogP contribution < -0.4 is 14.8 Å². The first-order valence-corrected chi connectivity index (χ1v) is 8.04. The Hall–Kier alpha value is -3.35. The number of ether oxygens (including phenoxy) is 2. The fraction of sp³-hybridized carbons (Fsp3) is 0.211. The quantitative estimate of drug-likeness (QED) is 0.737. The van der Waals surface area contributed by atoms with Gasteiger partial charge in [0, 0.05) is 31.7 Å². The number of methoxy groups -OCH3 is 2. The summed E-state index contributed by atoms with van der Waals surface area (Å²) in [6, 6.07) is 10.2. The van der Waals surface area contributed by atoms with Gasteiger partial charge in [-0.05, 0) is 29.8 Å². The molecule has 2 aromatic heterocycles. The van der Waals surface area contributed by atoms with Crippen molar-refractivity contribution < 1.29 is 14.3 Å². The largest absolute Gasteiger partial charge is 0.497 e. The number of rotatable bonds is 6. The van der Waals surface area contributed by atoms with Gasteiger partial charge in [0.15, 0.2) is 0 Å². The van der Waals surface area contributed by atoms with E-state index in [1.54, 1.807) is 50.9 Å². The highest BCUT2D eigenvalue weighted by atomic mass is 16.5. The average molecular weight is 352 g/mol. The summed E-state index contributed by atoms with van der Waals surface area (Å²) < 4.78 is 12.6. The molecule has 0 fully saturated rings. The van der Waals surface area contributed by atoms with Crippen LogP contribution in [-0.4, -0.2) is 34.7 Å². The zero-order valence-corrected chi connectivity index (χ0v) is 14.8. The van der Waals surface area contributed by atoms with Gasteiger partial charge < -0.3 is 19.4 Å². The molecule has 0 aliphatic carbocycles. The maximum Gasteiger partial charge on any atom is 0.270 e. The van der Waals surface area contributed by atoms with E-state index in [0.717, 1.165) is 5.56 Å². The molecule has 1 N–H and O–H groups in total. The SMILES string of the molecule is COc1cc(OC)cc([C@@H](NC(=O)c2ccccn2)c2nccn2C)c1. The van der Waals surface area contributed by atoms with E-state index >= 15 is 0 Å². The molecule has 3 aromatic rings. The van der Waals surface area contributed by atoms with Crippen LogP contribution in [-0.2, 0) is 7.05 Å². The Labute approximate surface area is 151 Å². The number of pyridine rings is 1. The van der Waals surface area contributed by atoms with Crippen LogP contribution in [0.3, 0.4) is 0 Å². The second-order valence-corrected chi connectivity index (χ2v) is 5.66. The monoisotopic (exact) mass is 352 g/mol. The average Bonchev–Trinajstić information content (AvgIpc) is 3.11. The van der Waals surface area contributed by atoms with E-state index in [0.29, 0.717) is 23.0 Å². The van der Waals surface area contributed by atoms with Crippen LogP contribution in [0, 0.1) is 0 Å². The predicted molar refractivity (Wildman–Crippen MR) is 96.3 cm³/mol. The maximum absolute atomic E-state index is 12.7. The summed E-state index contributed by atoms with van der Waals surface area (Å²) >= 11 is 0. The first kappa shape index (κ1) is 17.5. The summed E-state index contributed by atoms with van der Waals surface area (Å²) in [5, 5.41) is 3.00. The Kier molecular flexibility index (Phi) is 5.17. The van der Waals surface area contributed by atoms with Crippen LogP contribution >= 0.6 is 0 Å². The molecule has 2 heterocycles. The van der Waals surface area contributed by atoms with E-state index in [4.69, 9.17) is 9.47 Å². The van der Waals surface area contributed by atoms with Gasteiger partial charge in [-0.25, -0.2) is 4.98 Å². The van der Waals surface area contributed by atoms with E-state index < -0.39 is 6.04 Å². The van der Waals surface area contributed by atoms with Crippen molar-refractivity contribution in [3.8, 4) is 11.5 Å². The van der Waals surface area contributed by atoms with Crippen molar-refractivity contribution in [2.45, 2.75) is 6.04 Å². The van der Waals surface area contributed by atoms with E-state index in [2.05, 4.69) is 15.3 Å². The summed E-state index contributed by atoms with van der Waals surface area (Å²) in [7, 11) is 5.04. The molecule has 0 radical (unpaired) electrons. The molecule has 3 rings (SSSR count). The Balaban J connectivity index is 2.02. The van der Waals surface area contributed by atoms with Gasteiger partial charge >= 0.3 is 0 Å². The number of nitrogens with one attached hydrogen (secondary N) is 1. The van der Waals surface area contributed by atoms with Crippen LogP contribution in [0.2, 0.25) is 0 Å². The lowest BCUT2D eigenvalue weighted by Gasteiger charge is -2.20. The van der Waals surface area contributed by atoms with Crippen LogP contribution in [0.25, 0.3) is 0 Å². The van der Waals surface area contributed by atoms with E-state index in [-0.39, 0.29) is 5.91 Å². The molecule has 7 nitrogen and oxygen atoms in total. The fourth-order valence-electron chi connectivity index (χ4n) is 2.65. The number of carbonyl (C=O) groups excluding carboxylic acids is 1. The molecule has 0 aliphatic heterocycles. The lowest BCUT2D eigenvalue weighted by atomic mass is 10.0. The third-order valence-corrected chi connectivity index (χ3v) is 4.00. The van der Waals surface area contributed by atoms with Crippen LogP contribution in [0.5, 0.6) is 11.5 Å². The highest BCUT2D eigenvalue weighted by molar-refractivity contribution is 5.92. The molecule has 0 aliphatic rings.